The lowest BCUT2D eigenvalue weighted by atomic mass is 9.85. The van der Waals surface area contributed by atoms with Gasteiger partial charge in [-0.3, -0.25) is 9.69 Å². The zero-order valence-corrected chi connectivity index (χ0v) is 20.9. The van der Waals surface area contributed by atoms with Gasteiger partial charge in [0.05, 0.1) is 43.0 Å². The van der Waals surface area contributed by atoms with E-state index < -0.39 is 6.10 Å². The number of rotatable bonds is 4. The van der Waals surface area contributed by atoms with Gasteiger partial charge in [-0.25, -0.2) is 4.98 Å². The number of likely N-dealkylation sites (tertiary alicyclic amines) is 1. The van der Waals surface area contributed by atoms with Crippen LogP contribution in [-0.4, -0.2) is 71.1 Å². The van der Waals surface area contributed by atoms with E-state index in [9.17, 15) is 9.90 Å². The molecule has 34 heavy (non-hydrogen) atoms. The number of fused-ring (bicyclic) bond motifs is 1. The van der Waals surface area contributed by atoms with Gasteiger partial charge in [0.15, 0.2) is 0 Å². The van der Waals surface area contributed by atoms with E-state index in [0.717, 1.165) is 47.3 Å². The second kappa shape index (κ2) is 9.03. The molecule has 7 nitrogen and oxygen atoms in total. The lowest BCUT2D eigenvalue weighted by molar-refractivity contribution is -0.119. The summed E-state index contributed by atoms with van der Waals surface area (Å²) in [6.45, 7) is 9.32. The molecule has 5 rings (SSSR count). The predicted octanol–water partition coefficient (Wildman–Crippen LogP) is 3.97. The van der Waals surface area contributed by atoms with Crippen LogP contribution < -0.4 is 5.32 Å². The maximum atomic E-state index is 12.7. The van der Waals surface area contributed by atoms with E-state index in [1.165, 1.54) is 0 Å². The van der Waals surface area contributed by atoms with Crippen LogP contribution in [0, 0.1) is 5.92 Å². The monoisotopic (exact) mass is 487 g/mol. The Morgan fingerprint density at radius 3 is 2.59 bits per heavy atom. The van der Waals surface area contributed by atoms with Gasteiger partial charge in [0, 0.05) is 16.6 Å². The van der Waals surface area contributed by atoms with Gasteiger partial charge in [0.1, 0.15) is 5.82 Å². The van der Waals surface area contributed by atoms with Crippen molar-refractivity contribution >= 4 is 34.1 Å². The number of piperidine rings is 1. The van der Waals surface area contributed by atoms with Crippen molar-refractivity contribution in [2.24, 2.45) is 5.92 Å². The minimum Gasteiger partial charge on any atom is -0.389 e. The molecule has 3 saturated heterocycles. The number of halogens is 1. The van der Waals surface area contributed by atoms with Gasteiger partial charge < -0.3 is 19.9 Å². The molecule has 0 bridgehead atoms. The van der Waals surface area contributed by atoms with Crippen molar-refractivity contribution in [1.29, 1.82) is 0 Å². The Hall–Kier alpha value is -1.77. The molecule has 1 aromatic heterocycles. The van der Waals surface area contributed by atoms with E-state index in [0.29, 0.717) is 38.0 Å². The van der Waals surface area contributed by atoms with E-state index in [1.54, 1.807) is 6.20 Å². The molecular weight excluding hydrogens is 454 g/mol. The van der Waals surface area contributed by atoms with Crippen LogP contribution in [0.2, 0.25) is 5.02 Å². The van der Waals surface area contributed by atoms with Crippen molar-refractivity contribution < 1.29 is 19.4 Å². The number of amides is 1. The minimum atomic E-state index is -0.448. The number of aromatic nitrogens is 1. The highest BCUT2D eigenvalue weighted by Gasteiger charge is 2.45. The highest BCUT2D eigenvalue weighted by atomic mass is 35.5. The van der Waals surface area contributed by atoms with E-state index in [-0.39, 0.29) is 23.0 Å². The molecule has 1 amide bonds. The Balaban J connectivity index is 1.30. The Kier molecular flexibility index (Phi) is 6.36. The fourth-order valence-corrected chi connectivity index (χ4v) is 5.98. The Morgan fingerprint density at radius 2 is 1.94 bits per heavy atom. The molecule has 184 valence electrons. The number of carbonyl (C=O) groups is 1. The highest BCUT2D eigenvalue weighted by molar-refractivity contribution is 6.32. The number of pyridine rings is 1. The number of nitrogens with one attached hydrogen (secondary N) is 1. The predicted molar refractivity (Wildman–Crippen MR) is 132 cm³/mol. The summed E-state index contributed by atoms with van der Waals surface area (Å²) < 4.78 is 11.2. The van der Waals surface area contributed by atoms with Crippen molar-refractivity contribution in [1.82, 2.24) is 9.88 Å². The zero-order valence-electron chi connectivity index (χ0n) is 20.1. The molecule has 2 aromatic rings. The van der Waals surface area contributed by atoms with Crippen molar-refractivity contribution in [3.8, 4) is 0 Å². The quantitative estimate of drug-likeness (QED) is 0.679. The molecule has 3 fully saturated rings. The van der Waals surface area contributed by atoms with E-state index in [1.807, 2.05) is 26.0 Å². The van der Waals surface area contributed by atoms with Crippen LogP contribution in [0.25, 0.3) is 10.8 Å². The number of hydrogen-bond acceptors (Lipinski definition) is 6. The number of carbonyl (C=O) groups excluding carboxylic acids is 1. The second-order valence-electron chi connectivity index (χ2n) is 10.9. The normalized spacial score (nSPS) is 30.1. The van der Waals surface area contributed by atoms with Crippen molar-refractivity contribution in [2.75, 3.05) is 38.2 Å². The van der Waals surface area contributed by atoms with E-state index in [2.05, 4.69) is 28.2 Å². The van der Waals surface area contributed by atoms with E-state index in [4.69, 9.17) is 21.1 Å². The summed E-state index contributed by atoms with van der Waals surface area (Å²) in [6.07, 6.45) is 3.96. The molecule has 0 unspecified atom stereocenters. The number of aliphatic hydroxyl groups excluding tert-OH is 1. The number of anilines is 1. The Morgan fingerprint density at radius 1 is 1.18 bits per heavy atom. The molecule has 0 radical (unpaired) electrons. The Bertz CT molecular complexity index is 1090. The third-order valence-electron chi connectivity index (χ3n) is 7.92. The molecule has 4 heterocycles. The van der Waals surface area contributed by atoms with Crippen molar-refractivity contribution in [3.05, 3.63) is 35.0 Å². The molecule has 3 aliphatic rings. The standard InChI is InChI=1S/C26H34ClN3O4/c1-25(2)11-19(13-34-25)24(32)29-23-10-17-8-20(21(27)9-18(17)12-28-23)16-4-6-30(7-5-16)26(3)15-33-14-22(26)31/h8-10,12,16,19,22,31H,4-7,11,13-15H2,1-3H3,(H,28,29,32)/t19-,22-,26+/m0/s1. The SMILES string of the molecule is CC1(C)C[C@H](C(=O)Nc2cc3cc(C4CCN([C@]5(C)COC[C@@H]5O)CC4)c(Cl)cc3cn2)CO1. The van der Waals surface area contributed by atoms with E-state index >= 15 is 0 Å². The van der Waals surface area contributed by atoms with Crippen LogP contribution in [0.5, 0.6) is 0 Å². The number of benzene rings is 1. The molecule has 3 aliphatic heterocycles. The molecule has 1 aromatic carbocycles. The minimum absolute atomic E-state index is 0.0504. The summed E-state index contributed by atoms with van der Waals surface area (Å²) in [4.78, 5) is 19.5. The van der Waals surface area contributed by atoms with Crippen LogP contribution in [0.4, 0.5) is 5.82 Å². The van der Waals surface area contributed by atoms with Crippen LogP contribution in [0.3, 0.4) is 0 Å². The first-order valence-electron chi connectivity index (χ1n) is 12.2. The molecule has 2 N–H and O–H groups in total. The topological polar surface area (TPSA) is 83.9 Å². The maximum absolute atomic E-state index is 12.7. The average Bonchev–Trinajstić information content (AvgIpc) is 3.35. The van der Waals surface area contributed by atoms with Gasteiger partial charge in [0.25, 0.3) is 0 Å². The number of nitrogens with zero attached hydrogens (tertiary/aromatic N) is 2. The summed E-state index contributed by atoms with van der Waals surface area (Å²) in [5, 5.41) is 16.1. The van der Waals surface area contributed by atoms with Crippen LogP contribution in [-0.2, 0) is 14.3 Å². The summed E-state index contributed by atoms with van der Waals surface area (Å²) in [5.41, 5.74) is 0.563. The highest BCUT2D eigenvalue weighted by Crippen LogP contribution is 2.39. The summed E-state index contributed by atoms with van der Waals surface area (Å²) in [5.74, 6) is 0.684. The van der Waals surface area contributed by atoms with Crippen LogP contribution in [0.1, 0.15) is 51.5 Å². The first-order valence-corrected chi connectivity index (χ1v) is 12.6. The summed E-state index contributed by atoms with van der Waals surface area (Å²) in [6, 6.07) is 6.04. The molecule has 3 atom stereocenters. The van der Waals surface area contributed by atoms with Gasteiger partial charge in [-0.05, 0) is 88.2 Å². The Labute approximate surface area is 205 Å². The largest absolute Gasteiger partial charge is 0.389 e. The molecule has 0 aliphatic carbocycles. The molecule has 8 heteroatoms. The fraction of sp³-hybridized carbons (Fsp3) is 0.615. The lowest BCUT2D eigenvalue weighted by Gasteiger charge is -2.43. The first kappa shape index (κ1) is 23.9. The molecule has 0 saturated carbocycles. The van der Waals surface area contributed by atoms with Gasteiger partial charge in [-0.1, -0.05) is 11.6 Å². The lowest BCUT2D eigenvalue weighted by Crippen LogP contribution is -2.56. The third kappa shape index (κ3) is 4.56. The van der Waals surface area contributed by atoms with Gasteiger partial charge in [0.2, 0.25) is 5.91 Å². The van der Waals surface area contributed by atoms with Crippen LogP contribution >= 0.6 is 11.6 Å². The molecular formula is C26H34ClN3O4. The number of aliphatic hydroxyl groups is 1. The maximum Gasteiger partial charge on any atom is 0.231 e. The van der Waals surface area contributed by atoms with Gasteiger partial charge >= 0.3 is 0 Å². The smallest absolute Gasteiger partial charge is 0.231 e. The van der Waals surface area contributed by atoms with Crippen molar-refractivity contribution in [3.63, 3.8) is 0 Å². The first-order chi connectivity index (χ1) is 16.1. The number of ether oxygens (including phenoxy) is 2. The third-order valence-corrected chi connectivity index (χ3v) is 8.24. The fourth-order valence-electron chi connectivity index (χ4n) is 5.66. The second-order valence-corrected chi connectivity index (χ2v) is 11.3. The van der Waals surface area contributed by atoms with Gasteiger partial charge in [-0.15, -0.1) is 0 Å². The average molecular weight is 488 g/mol. The van der Waals surface area contributed by atoms with Crippen molar-refractivity contribution in [2.45, 2.75) is 63.2 Å². The zero-order chi connectivity index (χ0) is 24.1. The summed E-state index contributed by atoms with van der Waals surface area (Å²) in [7, 11) is 0. The number of hydrogen-bond donors (Lipinski definition) is 2. The summed E-state index contributed by atoms with van der Waals surface area (Å²) >= 11 is 6.70. The molecule has 0 spiro atoms. The van der Waals surface area contributed by atoms with Crippen LogP contribution in [0.15, 0.2) is 24.4 Å². The van der Waals surface area contributed by atoms with Gasteiger partial charge in [-0.2, -0.15) is 0 Å².